The Labute approximate surface area is 102 Å². The van der Waals surface area contributed by atoms with E-state index in [0.717, 1.165) is 24.6 Å². The number of ether oxygens (including phenoxy) is 2. The van der Waals surface area contributed by atoms with Gasteiger partial charge in [0.15, 0.2) is 11.5 Å². The smallest absolute Gasteiger partial charge is 0.164 e. The lowest BCUT2D eigenvalue weighted by Gasteiger charge is -2.27. The molecule has 1 unspecified atom stereocenters. The SMILES string of the molecule is Cc1c(C2CCCNC2)ccc2c1OCCO2. The molecule has 1 saturated heterocycles. The molecule has 1 atom stereocenters. The number of rotatable bonds is 1. The Kier molecular flexibility index (Phi) is 2.93. The zero-order chi connectivity index (χ0) is 11.7. The lowest BCUT2D eigenvalue weighted by atomic mass is 9.88. The van der Waals surface area contributed by atoms with Crippen LogP contribution in [0.15, 0.2) is 12.1 Å². The first kappa shape index (κ1) is 10.9. The van der Waals surface area contributed by atoms with Gasteiger partial charge in [-0.3, -0.25) is 0 Å². The van der Waals surface area contributed by atoms with Gasteiger partial charge in [-0.2, -0.15) is 0 Å². The van der Waals surface area contributed by atoms with E-state index in [0.29, 0.717) is 19.1 Å². The van der Waals surface area contributed by atoms with Gasteiger partial charge in [-0.25, -0.2) is 0 Å². The van der Waals surface area contributed by atoms with Crippen LogP contribution in [0.3, 0.4) is 0 Å². The van der Waals surface area contributed by atoms with Crippen LogP contribution in [0.4, 0.5) is 0 Å². The summed E-state index contributed by atoms with van der Waals surface area (Å²) in [6.07, 6.45) is 2.53. The maximum Gasteiger partial charge on any atom is 0.164 e. The summed E-state index contributed by atoms with van der Waals surface area (Å²) in [7, 11) is 0. The van der Waals surface area contributed by atoms with Crippen LogP contribution in [0.2, 0.25) is 0 Å². The zero-order valence-corrected chi connectivity index (χ0v) is 10.3. The minimum atomic E-state index is 0.625. The van der Waals surface area contributed by atoms with Gasteiger partial charge in [-0.05, 0) is 49.4 Å². The van der Waals surface area contributed by atoms with Crippen molar-refractivity contribution in [2.24, 2.45) is 0 Å². The lowest BCUT2D eigenvalue weighted by Crippen LogP contribution is -2.29. The Morgan fingerprint density at radius 1 is 1.24 bits per heavy atom. The van der Waals surface area contributed by atoms with Crippen LogP contribution in [0.25, 0.3) is 0 Å². The number of piperidine rings is 1. The molecule has 2 aliphatic heterocycles. The maximum absolute atomic E-state index is 5.74. The highest BCUT2D eigenvalue weighted by atomic mass is 16.6. The molecule has 17 heavy (non-hydrogen) atoms. The number of nitrogens with one attached hydrogen (secondary N) is 1. The highest BCUT2D eigenvalue weighted by Crippen LogP contribution is 2.39. The van der Waals surface area contributed by atoms with Gasteiger partial charge in [0.25, 0.3) is 0 Å². The predicted octanol–water partition coefficient (Wildman–Crippen LogP) is 2.23. The van der Waals surface area contributed by atoms with Crippen LogP contribution in [0, 0.1) is 6.92 Å². The molecule has 0 aromatic heterocycles. The van der Waals surface area contributed by atoms with Crippen molar-refractivity contribution < 1.29 is 9.47 Å². The number of hydrogen-bond donors (Lipinski definition) is 1. The molecule has 92 valence electrons. The molecular weight excluding hydrogens is 214 g/mol. The molecule has 2 heterocycles. The molecule has 0 aliphatic carbocycles. The minimum Gasteiger partial charge on any atom is -0.486 e. The Morgan fingerprint density at radius 3 is 2.94 bits per heavy atom. The van der Waals surface area contributed by atoms with Gasteiger partial charge >= 0.3 is 0 Å². The summed E-state index contributed by atoms with van der Waals surface area (Å²) >= 11 is 0. The Hall–Kier alpha value is -1.22. The van der Waals surface area contributed by atoms with Gasteiger partial charge in [0.1, 0.15) is 13.2 Å². The second-order valence-corrected chi connectivity index (χ2v) is 4.85. The average Bonchev–Trinajstić information content (AvgIpc) is 2.40. The van der Waals surface area contributed by atoms with Crippen molar-refractivity contribution in [2.45, 2.75) is 25.7 Å². The van der Waals surface area contributed by atoms with Crippen molar-refractivity contribution in [2.75, 3.05) is 26.3 Å². The van der Waals surface area contributed by atoms with E-state index in [-0.39, 0.29) is 0 Å². The van der Waals surface area contributed by atoms with Crippen molar-refractivity contribution in [3.63, 3.8) is 0 Å². The fourth-order valence-corrected chi connectivity index (χ4v) is 2.83. The van der Waals surface area contributed by atoms with E-state index in [9.17, 15) is 0 Å². The van der Waals surface area contributed by atoms with E-state index >= 15 is 0 Å². The van der Waals surface area contributed by atoms with Gasteiger partial charge in [-0.15, -0.1) is 0 Å². The monoisotopic (exact) mass is 233 g/mol. The van der Waals surface area contributed by atoms with Crippen LogP contribution in [-0.4, -0.2) is 26.3 Å². The minimum absolute atomic E-state index is 0.625. The third-order valence-electron chi connectivity index (χ3n) is 3.74. The molecule has 3 heteroatoms. The molecule has 3 rings (SSSR count). The average molecular weight is 233 g/mol. The lowest BCUT2D eigenvalue weighted by molar-refractivity contribution is 0.170. The molecule has 1 fully saturated rings. The maximum atomic E-state index is 5.74. The molecule has 3 nitrogen and oxygen atoms in total. The summed E-state index contributed by atoms with van der Waals surface area (Å²) in [6.45, 7) is 5.72. The van der Waals surface area contributed by atoms with Gasteiger partial charge in [0.2, 0.25) is 0 Å². The molecule has 0 spiro atoms. The standard InChI is InChI=1S/C14H19NO2/c1-10-12(11-3-2-6-15-9-11)4-5-13-14(10)17-8-7-16-13/h4-5,11,15H,2-3,6-9H2,1H3. The van der Waals surface area contributed by atoms with E-state index < -0.39 is 0 Å². The summed E-state index contributed by atoms with van der Waals surface area (Å²) in [5, 5.41) is 3.47. The third-order valence-corrected chi connectivity index (χ3v) is 3.74. The summed E-state index contributed by atoms with van der Waals surface area (Å²) in [5.74, 6) is 2.49. The fourth-order valence-electron chi connectivity index (χ4n) is 2.83. The topological polar surface area (TPSA) is 30.5 Å². The molecule has 0 saturated carbocycles. The van der Waals surface area contributed by atoms with Crippen LogP contribution in [-0.2, 0) is 0 Å². The van der Waals surface area contributed by atoms with Crippen LogP contribution >= 0.6 is 0 Å². The van der Waals surface area contributed by atoms with E-state index in [1.54, 1.807) is 0 Å². The highest BCUT2D eigenvalue weighted by Gasteiger charge is 2.22. The number of hydrogen-bond acceptors (Lipinski definition) is 3. The van der Waals surface area contributed by atoms with Crippen molar-refractivity contribution in [3.8, 4) is 11.5 Å². The fraction of sp³-hybridized carbons (Fsp3) is 0.571. The first-order valence-electron chi connectivity index (χ1n) is 6.46. The second kappa shape index (κ2) is 4.57. The van der Waals surface area contributed by atoms with E-state index in [1.807, 2.05) is 0 Å². The van der Waals surface area contributed by atoms with Crippen molar-refractivity contribution in [1.82, 2.24) is 5.32 Å². The van der Waals surface area contributed by atoms with Gasteiger partial charge in [-0.1, -0.05) is 6.07 Å². The van der Waals surface area contributed by atoms with E-state index in [1.165, 1.54) is 24.0 Å². The molecule has 2 aliphatic rings. The zero-order valence-electron chi connectivity index (χ0n) is 10.3. The summed E-state index contributed by atoms with van der Waals surface area (Å²) in [6, 6.07) is 4.27. The Bertz CT molecular complexity index is 411. The Balaban J connectivity index is 1.94. The predicted molar refractivity (Wildman–Crippen MR) is 67.0 cm³/mol. The van der Waals surface area contributed by atoms with Crippen molar-refractivity contribution in [1.29, 1.82) is 0 Å². The second-order valence-electron chi connectivity index (χ2n) is 4.85. The van der Waals surface area contributed by atoms with Crippen molar-refractivity contribution in [3.05, 3.63) is 23.3 Å². The quantitative estimate of drug-likeness (QED) is 0.807. The summed E-state index contributed by atoms with van der Waals surface area (Å²) < 4.78 is 11.3. The Morgan fingerprint density at radius 2 is 2.12 bits per heavy atom. The normalized spacial score (nSPS) is 23.5. The van der Waals surface area contributed by atoms with Crippen LogP contribution < -0.4 is 14.8 Å². The van der Waals surface area contributed by atoms with Crippen molar-refractivity contribution >= 4 is 0 Å². The molecule has 0 radical (unpaired) electrons. The number of fused-ring (bicyclic) bond motifs is 1. The van der Waals surface area contributed by atoms with Gasteiger partial charge in [0.05, 0.1) is 0 Å². The summed E-state index contributed by atoms with van der Waals surface area (Å²) in [4.78, 5) is 0. The van der Waals surface area contributed by atoms with E-state index in [4.69, 9.17) is 9.47 Å². The number of benzene rings is 1. The van der Waals surface area contributed by atoms with Crippen LogP contribution in [0.1, 0.15) is 29.9 Å². The molecule has 1 aromatic rings. The highest BCUT2D eigenvalue weighted by molar-refractivity contribution is 5.52. The molecule has 0 bridgehead atoms. The van der Waals surface area contributed by atoms with Crippen LogP contribution in [0.5, 0.6) is 11.5 Å². The van der Waals surface area contributed by atoms with E-state index in [2.05, 4.69) is 24.4 Å². The molecule has 0 amide bonds. The largest absolute Gasteiger partial charge is 0.486 e. The first-order valence-corrected chi connectivity index (χ1v) is 6.46. The molecule has 1 aromatic carbocycles. The third kappa shape index (κ3) is 2.00. The summed E-state index contributed by atoms with van der Waals surface area (Å²) in [5.41, 5.74) is 2.68. The van der Waals surface area contributed by atoms with Gasteiger partial charge < -0.3 is 14.8 Å². The first-order chi connectivity index (χ1) is 8.36. The van der Waals surface area contributed by atoms with Gasteiger partial charge in [0, 0.05) is 6.54 Å². The molecule has 1 N–H and O–H groups in total. The molecular formula is C14H19NO2.